The maximum atomic E-state index is 13.0. The average Bonchev–Trinajstić information content (AvgIpc) is 1.60. The second-order valence-corrected chi connectivity index (χ2v) is 53.3. The molecule has 0 radical (unpaired) electrons. The summed E-state index contributed by atoms with van der Waals surface area (Å²) in [6.07, 6.45) is 20.0. The fraction of sp³-hybridized carbons (Fsp3) is 0.726. The van der Waals surface area contributed by atoms with Crippen molar-refractivity contribution in [3.05, 3.63) is 107 Å². The van der Waals surface area contributed by atoms with Gasteiger partial charge in [-0.1, -0.05) is 360 Å². The van der Waals surface area contributed by atoms with Crippen LogP contribution in [-0.4, -0.2) is 161 Å². The Bertz CT molecular complexity index is 4660. The standard InChI is InChI=1S/C24H34N2O3.C22H33N3O3.C20H29NO2.C18H33NO2.C17H31NO2.C16H29NO3/c1-22(2,3)19(20(28)23(4,5)6)25-21(29)26-13-11-24(12-14-26)15-18(27)16-9-7-8-10-17(16)24;1-21(2,3)17(18(26)22(4,5)6)24-20(28)23-16-13-10-14-25(16)19(27)15-11-8-7-9-12-15;1-19(2,3)16(17(22)20(4,5)6)21-18(23)15-12-14(15)13-10-8-7-9-11-13;1-17(2,3)15(16(21)18(4,5)6)19-14(20)12-13-10-8-7-9-11-13;1-12(2)14(16(20)17(3,4)5)11-15(19)18-13-9-7-6-8-10-13;1-15(2,3)12(13(18)16(4,5)6)17-14(19)20-10-11-8-7-9-11/h7-10,19H,11-15H2,1-6H3,(H,25,29);7-9,11-12,16-17H,10,13-14H2,1-6H3,(H2,23,24,28);7-11,14-16H,12H2,1-6H3,(H,21,23);13,15H,7-12H2,1-6H3,(H,19,20);12-14H,6-11H2,1-5H3,(H,18,19);11-12H,7-10H2,1-6H3,(H,17,19). The van der Waals surface area contributed by atoms with Crippen LogP contribution in [0.3, 0.4) is 0 Å². The fourth-order valence-electron chi connectivity index (χ4n) is 18.9. The van der Waals surface area contributed by atoms with Gasteiger partial charge in [0.25, 0.3) is 5.91 Å². The van der Waals surface area contributed by atoms with Gasteiger partial charge >= 0.3 is 18.2 Å². The van der Waals surface area contributed by atoms with Gasteiger partial charge in [0.15, 0.2) is 34.7 Å². The summed E-state index contributed by atoms with van der Waals surface area (Å²) in [4.78, 5) is 179. The minimum atomic E-state index is -0.618. The Morgan fingerprint density at radius 1 is 0.404 bits per heavy atom. The van der Waals surface area contributed by atoms with Crippen LogP contribution in [0, 0.1) is 89.2 Å². The van der Waals surface area contributed by atoms with Crippen molar-refractivity contribution >= 4 is 82.3 Å². The molecule has 2 heterocycles. The number of hydrogen-bond donors (Lipinski definition) is 7. The minimum Gasteiger partial charge on any atom is -0.449 e. The van der Waals surface area contributed by atoms with Crippen molar-refractivity contribution < 1.29 is 71.9 Å². The number of rotatable bonds is 23. The second kappa shape index (κ2) is 50.7. The number of carbonyl (C=O) groups excluding carboxylic acids is 14. The molecule has 24 heteroatoms. The number of hydrogen-bond acceptors (Lipinski definition) is 15. The van der Waals surface area contributed by atoms with Gasteiger partial charge in [0.2, 0.25) is 17.7 Å². The van der Waals surface area contributed by atoms with Crippen LogP contribution in [0.4, 0.5) is 14.4 Å². The van der Waals surface area contributed by atoms with Gasteiger partial charge in [-0.25, -0.2) is 14.4 Å². The number of likely N-dealkylation sites (tertiary alicyclic amines) is 2. The number of ketones is 7. The predicted molar refractivity (Wildman–Crippen MR) is 566 cm³/mol. The Balaban J connectivity index is 0.000000300. The molecule has 3 aromatic rings. The quantitative estimate of drug-likeness (QED) is 0.0464. The lowest BCUT2D eigenvalue weighted by molar-refractivity contribution is -0.136. The molecule has 7 N–H and O–H groups in total. The van der Waals surface area contributed by atoms with Crippen molar-refractivity contribution in [3.8, 4) is 0 Å². The van der Waals surface area contributed by atoms with Crippen molar-refractivity contribution in [2.45, 2.75) is 431 Å². The maximum absolute atomic E-state index is 13.0. The van der Waals surface area contributed by atoms with E-state index in [1.807, 2.05) is 297 Å². The molecule has 6 fully saturated rings. The van der Waals surface area contributed by atoms with E-state index in [1.165, 1.54) is 50.5 Å². The molecule has 0 aromatic heterocycles. The van der Waals surface area contributed by atoms with Gasteiger partial charge < -0.3 is 51.8 Å². The van der Waals surface area contributed by atoms with E-state index in [1.54, 1.807) is 21.9 Å². The van der Waals surface area contributed by atoms with E-state index < -0.39 is 74.8 Å². The molecule has 4 saturated carbocycles. The zero-order valence-electron chi connectivity index (χ0n) is 93.8. The van der Waals surface area contributed by atoms with Crippen molar-refractivity contribution in [1.82, 2.24) is 47.0 Å². The van der Waals surface area contributed by atoms with Crippen LogP contribution in [0.5, 0.6) is 0 Å². The molecule has 9 unspecified atom stereocenters. The molecular weight excluding hydrogens is 1770 g/mol. The number of carbonyl (C=O) groups is 14. The normalized spacial score (nSPS) is 19.5. The van der Waals surface area contributed by atoms with Gasteiger partial charge in [-0.05, 0) is 145 Å². The molecule has 2 aliphatic heterocycles. The second-order valence-electron chi connectivity index (χ2n) is 53.3. The third-order valence-electron chi connectivity index (χ3n) is 28.4. The smallest absolute Gasteiger partial charge is 0.407 e. The summed E-state index contributed by atoms with van der Waals surface area (Å²) in [7, 11) is 0. The SMILES string of the molecule is CC(C)(C)C(=O)C(NC(=O)C1CC1c1ccccc1)C(C)(C)C.CC(C)(C)C(=O)C(NC(=O)CC1CCCCC1)C(C)(C)C.CC(C)(C)C(=O)C(NC(=O)N1CCC2(CC1)CC(=O)c1ccccc12)C(C)(C)C.CC(C)(C)C(=O)C(NC(=O)NC1CCCN1C(=O)c1ccccc1)C(C)(C)C.CC(C)(C)C(=O)C(NC(=O)OCC1CCC1)C(C)(C)C.CC(C)C(CC(=O)NC1CCCCC1)C(=O)C(C)(C)C. The first-order chi connectivity index (χ1) is 64.5. The molecule has 9 amide bonds. The Morgan fingerprint density at radius 3 is 1.24 bits per heavy atom. The van der Waals surface area contributed by atoms with Gasteiger partial charge in [-0.2, -0.15) is 0 Å². The lowest BCUT2D eigenvalue weighted by atomic mass is 9.73. The summed E-state index contributed by atoms with van der Waals surface area (Å²) >= 11 is 0. The number of ether oxygens (including phenoxy) is 1. The zero-order valence-corrected chi connectivity index (χ0v) is 93.8. The molecule has 9 atom stereocenters. The zero-order chi connectivity index (χ0) is 107. The van der Waals surface area contributed by atoms with Crippen molar-refractivity contribution in [2.75, 3.05) is 26.2 Å². The van der Waals surface area contributed by atoms with Crippen LogP contribution < -0.4 is 37.2 Å². The average molecular weight is 1960 g/mol. The Hall–Kier alpha value is -8.96. The number of Topliss-reactive ketones (excluding diaryl/α,β-unsaturated/α-hetero) is 7. The Labute approximate surface area is 849 Å². The Kier molecular flexibility index (Phi) is 44.1. The first-order valence-corrected chi connectivity index (χ1v) is 52.8. The van der Waals surface area contributed by atoms with E-state index in [0.29, 0.717) is 81.3 Å². The molecule has 141 heavy (non-hydrogen) atoms. The summed E-state index contributed by atoms with van der Waals surface area (Å²) < 4.78 is 5.23. The highest BCUT2D eigenvalue weighted by Crippen LogP contribution is 2.49. The van der Waals surface area contributed by atoms with Crippen molar-refractivity contribution in [3.63, 3.8) is 0 Å². The van der Waals surface area contributed by atoms with Crippen LogP contribution in [0.1, 0.15) is 415 Å². The van der Waals surface area contributed by atoms with Crippen LogP contribution in [0.2, 0.25) is 0 Å². The number of urea groups is 2. The largest absolute Gasteiger partial charge is 0.449 e. The monoisotopic (exact) mass is 1960 g/mol. The summed E-state index contributed by atoms with van der Waals surface area (Å²) in [5.41, 5.74) is -0.866. The van der Waals surface area contributed by atoms with Gasteiger partial charge in [0.1, 0.15) is 11.9 Å². The number of piperidine rings is 1. The lowest BCUT2D eigenvalue weighted by Gasteiger charge is -2.41. The minimum absolute atomic E-state index is 0.00461. The summed E-state index contributed by atoms with van der Waals surface area (Å²) in [5.74, 6) is 2.03. The third-order valence-corrected chi connectivity index (χ3v) is 28.4. The van der Waals surface area contributed by atoms with E-state index >= 15 is 0 Å². The van der Waals surface area contributed by atoms with Crippen molar-refractivity contribution in [2.24, 2.45) is 89.2 Å². The molecule has 7 aliphatic rings. The highest BCUT2D eigenvalue weighted by atomic mass is 16.5. The van der Waals surface area contributed by atoms with E-state index in [9.17, 15) is 67.1 Å². The number of amides is 9. The van der Waals surface area contributed by atoms with Crippen LogP contribution in [0.15, 0.2) is 84.9 Å². The highest BCUT2D eigenvalue weighted by molar-refractivity contribution is 6.03. The molecule has 5 aliphatic carbocycles. The summed E-state index contributed by atoms with van der Waals surface area (Å²) in [6, 6.07) is 24.2. The van der Waals surface area contributed by atoms with Gasteiger partial charge in [-0.15, -0.1) is 0 Å². The first-order valence-electron chi connectivity index (χ1n) is 52.8. The number of fused-ring (bicyclic) bond motifs is 2. The number of nitrogens with zero attached hydrogens (tertiary/aromatic N) is 2. The van der Waals surface area contributed by atoms with Crippen LogP contribution in [-0.2, 0) is 53.3 Å². The highest BCUT2D eigenvalue weighted by Gasteiger charge is 2.51. The van der Waals surface area contributed by atoms with Gasteiger partial charge in [-0.3, -0.25) is 52.7 Å². The third kappa shape index (κ3) is 38.5. The maximum Gasteiger partial charge on any atom is 0.407 e. The molecule has 10 rings (SSSR count). The van der Waals surface area contributed by atoms with Crippen LogP contribution >= 0.6 is 0 Å². The Morgan fingerprint density at radius 2 is 0.809 bits per heavy atom. The van der Waals surface area contributed by atoms with E-state index in [0.717, 1.165) is 75.3 Å². The number of nitrogens with one attached hydrogen (secondary N) is 7. The molecule has 2 saturated heterocycles. The van der Waals surface area contributed by atoms with Crippen LogP contribution in [0.25, 0.3) is 0 Å². The molecule has 792 valence electrons. The lowest BCUT2D eigenvalue weighted by Crippen LogP contribution is -2.58. The summed E-state index contributed by atoms with van der Waals surface area (Å²) in [5, 5.41) is 20.7. The van der Waals surface area contributed by atoms with E-state index in [-0.39, 0.29) is 127 Å². The topological polar surface area (TPSA) is 339 Å². The molecular formula is C117H189N9O15. The van der Waals surface area contributed by atoms with E-state index in [2.05, 4.69) is 55.4 Å². The number of benzene rings is 3. The van der Waals surface area contributed by atoms with Gasteiger partial charge in [0.05, 0.1) is 36.8 Å². The number of alkyl carbamates (subject to hydrolysis) is 1. The predicted octanol–water partition coefficient (Wildman–Crippen LogP) is 23.2. The van der Waals surface area contributed by atoms with Crippen molar-refractivity contribution in [1.29, 1.82) is 0 Å². The molecule has 0 bridgehead atoms. The molecule has 24 nitrogen and oxygen atoms in total. The van der Waals surface area contributed by atoms with E-state index in [4.69, 9.17) is 4.74 Å². The fourth-order valence-corrected chi connectivity index (χ4v) is 18.9. The van der Waals surface area contributed by atoms with Gasteiger partial charge in [0, 0.05) is 106 Å². The molecule has 1 spiro atoms. The summed E-state index contributed by atoms with van der Waals surface area (Å²) in [6.45, 7) is 70.1. The first kappa shape index (κ1) is 123. The molecule has 3 aromatic carbocycles.